The number of rotatable bonds is 4. The molecule has 1 atom stereocenters. The summed E-state index contributed by atoms with van der Waals surface area (Å²) in [6.45, 7) is 9.10. The van der Waals surface area contributed by atoms with Crippen LogP contribution in [-0.4, -0.2) is 44.3 Å². The van der Waals surface area contributed by atoms with E-state index < -0.39 is 0 Å². The Labute approximate surface area is 110 Å². The van der Waals surface area contributed by atoms with Gasteiger partial charge >= 0.3 is 0 Å². The maximum absolute atomic E-state index is 5.72. The molecule has 1 heterocycles. The average Bonchev–Trinajstić information content (AvgIpc) is 2.34. The zero-order valence-electron chi connectivity index (χ0n) is 11.7. The molecule has 2 rings (SSSR count). The number of hydrogen-bond donors (Lipinski definition) is 1. The van der Waals surface area contributed by atoms with Gasteiger partial charge in [-0.05, 0) is 37.6 Å². The minimum atomic E-state index is 0.329. The average molecular weight is 248 g/mol. The quantitative estimate of drug-likeness (QED) is 0.878. The van der Waals surface area contributed by atoms with Gasteiger partial charge in [0, 0.05) is 26.2 Å². The van der Waals surface area contributed by atoms with Crippen LogP contribution in [0.1, 0.15) is 16.7 Å². The number of nitrogens with one attached hydrogen (secondary N) is 1. The lowest BCUT2D eigenvalue weighted by Gasteiger charge is -2.30. The Balaban J connectivity index is 1.76. The molecule has 1 aliphatic heterocycles. The predicted octanol–water partition coefficient (Wildman–Crippen LogP) is 1.72. The van der Waals surface area contributed by atoms with Crippen LogP contribution in [0.15, 0.2) is 18.2 Å². The Hall–Kier alpha value is -0.900. The third-order valence-corrected chi connectivity index (χ3v) is 3.61. The van der Waals surface area contributed by atoms with Gasteiger partial charge < -0.3 is 15.0 Å². The highest BCUT2D eigenvalue weighted by Gasteiger charge is 2.16. The molecule has 0 spiro atoms. The SMILES string of the molecule is Cc1ccc(CNC[C@H]2CN(C)CCO2)cc1C. The molecule has 0 amide bonds. The molecule has 0 radical (unpaired) electrons. The largest absolute Gasteiger partial charge is 0.374 e. The van der Waals surface area contributed by atoms with Crippen LogP contribution in [0.5, 0.6) is 0 Å². The molecule has 100 valence electrons. The van der Waals surface area contributed by atoms with Crippen LogP contribution in [0.3, 0.4) is 0 Å². The van der Waals surface area contributed by atoms with Crippen LogP contribution >= 0.6 is 0 Å². The first-order chi connectivity index (χ1) is 8.65. The smallest absolute Gasteiger partial charge is 0.0826 e. The number of aryl methyl sites for hydroxylation is 2. The van der Waals surface area contributed by atoms with Crippen LogP contribution in [0.4, 0.5) is 0 Å². The van der Waals surface area contributed by atoms with Crippen molar-refractivity contribution in [2.75, 3.05) is 33.3 Å². The standard InChI is InChI=1S/C15H24N2O/c1-12-4-5-14(8-13(12)2)9-16-10-15-11-17(3)6-7-18-15/h4-5,8,15-16H,6-7,9-11H2,1-3H3/t15-/m0/s1. The Morgan fingerprint density at radius 3 is 2.89 bits per heavy atom. The number of benzene rings is 1. The summed E-state index contributed by atoms with van der Waals surface area (Å²) < 4.78 is 5.72. The fourth-order valence-corrected chi connectivity index (χ4v) is 2.28. The summed E-state index contributed by atoms with van der Waals surface area (Å²) in [6, 6.07) is 6.65. The van der Waals surface area contributed by atoms with Gasteiger partial charge in [-0.25, -0.2) is 0 Å². The van der Waals surface area contributed by atoms with E-state index in [9.17, 15) is 0 Å². The minimum absolute atomic E-state index is 0.329. The first-order valence-electron chi connectivity index (χ1n) is 6.72. The van der Waals surface area contributed by atoms with Crippen molar-refractivity contribution >= 4 is 0 Å². The van der Waals surface area contributed by atoms with E-state index in [1.165, 1.54) is 16.7 Å². The fourth-order valence-electron chi connectivity index (χ4n) is 2.28. The third-order valence-electron chi connectivity index (χ3n) is 3.61. The highest BCUT2D eigenvalue weighted by Crippen LogP contribution is 2.09. The van der Waals surface area contributed by atoms with Crippen LogP contribution in [0, 0.1) is 13.8 Å². The second kappa shape index (κ2) is 6.32. The van der Waals surface area contributed by atoms with Gasteiger partial charge in [-0.1, -0.05) is 18.2 Å². The van der Waals surface area contributed by atoms with Gasteiger partial charge in [0.05, 0.1) is 12.7 Å². The number of ether oxygens (including phenoxy) is 1. The molecule has 1 aromatic carbocycles. The van der Waals surface area contributed by atoms with Gasteiger partial charge in [0.15, 0.2) is 0 Å². The van der Waals surface area contributed by atoms with Gasteiger partial charge in [0.1, 0.15) is 0 Å². The van der Waals surface area contributed by atoms with Crippen molar-refractivity contribution in [3.63, 3.8) is 0 Å². The van der Waals surface area contributed by atoms with Gasteiger partial charge in [-0.2, -0.15) is 0 Å². The minimum Gasteiger partial charge on any atom is -0.374 e. The van der Waals surface area contributed by atoms with E-state index in [-0.39, 0.29) is 0 Å². The van der Waals surface area contributed by atoms with Gasteiger partial charge in [0.25, 0.3) is 0 Å². The maximum atomic E-state index is 5.72. The van der Waals surface area contributed by atoms with Crippen LogP contribution < -0.4 is 5.32 Å². The van der Waals surface area contributed by atoms with Gasteiger partial charge in [0.2, 0.25) is 0 Å². The summed E-state index contributed by atoms with van der Waals surface area (Å²) in [6.07, 6.45) is 0.329. The van der Waals surface area contributed by atoms with E-state index in [1.54, 1.807) is 0 Å². The lowest BCUT2D eigenvalue weighted by molar-refractivity contribution is -0.0182. The number of likely N-dealkylation sites (N-methyl/N-ethyl adjacent to an activating group) is 1. The van der Waals surface area contributed by atoms with E-state index in [0.717, 1.165) is 32.8 Å². The number of morpholine rings is 1. The molecular formula is C15H24N2O. The van der Waals surface area contributed by atoms with Crippen molar-refractivity contribution in [2.24, 2.45) is 0 Å². The molecule has 3 nitrogen and oxygen atoms in total. The Morgan fingerprint density at radius 1 is 1.33 bits per heavy atom. The van der Waals surface area contributed by atoms with Crippen LogP contribution in [0.2, 0.25) is 0 Å². The number of hydrogen-bond acceptors (Lipinski definition) is 3. The highest BCUT2D eigenvalue weighted by molar-refractivity contribution is 5.29. The van der Waals surface area contributed by atoms with E-state index in [0.29, 0.717) is 6.10 Å². The highest BCUT2D eigenvalue weighted by atomic mass is 16.5. The molecule has 1 aromatic rings. The third kappa shape index (κ3) is 3.80. The van der Waals surface area contributed by atoms with E-state index in [4.69, 9.17) is 4.74 Å². The molecule has 0 aliphatic carbocycles. The Morgan fingerprint density at radius 2 is 2.17 bits per heavy atom. The molecule has 1 fully saturated rings. The van der Waals surface area contributed by atoms with Crippen molar-refractivity contribution in [1.29, 1.82) is 0 Å². The monoisotopic (exact) mass is 248 g/mol. The Kier molecular flexibility index (Phi) is 4.75. The summed E-state index contributed by atoms with van der Waals surface area (Å²) in [5.41, 5.74) is 4.07. The van der Waals surface area contributed by atoms with Crippen LogP contribution in [-0.2, 0) is 11.3 Å². The first kappa shape index (κ1) is 13.5. The van der Waals surface area contributed by atoms with E-state index in [1.807, 2.05) is 0 Å². The molecule has 0 aromatic heterocycles. The summed E-state index contributed by atoms with van der Waals surface area (Å²) in [5.74, 6) is 0. The molecule has 1 aliphatic rings. The van der Waals surface area contributed by atoms with Crippen molar-refractivity contribution in [3.05, 3.63) is 34.9 Å². The molecule has 3 heteroatoms. The lowest BCUT2D eigenvalue weighted by atomic mass is 10.1. The molecule has 18 heavy (non-hydrogen) atoms. The maximum Gasteiger partial charge on any atom is 0.0826 e. The fraction of sp³-hybridized carbons (Fsp3) is 0.600. The lowest BCUT2D eigenvalue weighted by Crippen LogP contribution is -2.44. The summed E-state index contributed by atoms with van der Waals surface area (Å²) in [5, 5.41) is 3.49. The van der Waals surface area contributed by atoms with Crippen molar-refractivity contribution in [2.45, 2.75) is 26.5 Å². The Bertz CT molecular complexity index is 392. The first-order valence-corrected chi connectivity index (χ1v) is 6.72. The molecule has 0 bridgehead atoms. The van der Waals surface area contributed by atoms with E-state index >= 15 is 0 Å². The summed E-state index contributed by atoms with van der Waals surface area (Å²) in [7, 11) is 2.15. The molecule has 1 saturated heterocycles. The molecule has 0 unspecified atom stereocenters. The van der Waals surface area contributed by atoms with E-state index in [2.05, 4.69) is 49.3 Å². The second-order valence-electron chi connectivity index (χ2n) is 5.30. The van der Waals surface area contributed by atoms with Crippen molar-refractivity contribution < 1.29 is 4.74 Å². The number of nitrogens with zero attached hydrogens (tertiary/aromatic N) is 1. The second-order valence-corrected chi connectivity index (χ2v) is 5.30. The van der Waals surface area contributed by atoms with Gasteiger partial charge in [-0.15, -0.1) is 0 Å². The zero-order valence-corrected chi connectivity index (χ0v) is 11.7. The molecule has 0 saturated carbocycles. The molecular weight excluding hydrogens is 224 g/mol. The zero-order chi connectivity index (χ0) is 13.0. The predicted molar refractivity (Wildman–Crippen MR) is 74.9 cm³/mol. The topological polar surface area (TPSA) is 24.5 Å². The normalized spacial score (nSPS) is 21.2. The molecule has 1 N–H and O–H groups in total. The van der Waals surface area contributed by atoms with Crippen molar-refractivity contribution in [3.8, 4) is 0 Å². The van der Waals surface area contributed by atoms with Gasteiger partial charge in [-0.3, -0.25) is 0 Å². The summed E-state index contributed by atoms with van der Waals surface area (Å²) >= 11 is 0. The van der Waals surface area contributed by atoms with Crippen molar-refractivity contribution in [1.82, 2.24) is 10.2 Å². The summed E-state index contributed by atoms with van der Waals surface area (Å²) in [4.78, 5) is 2.33. The van der Waals surface area contributed by atoms with Crippen LogP contribution in [0.25, 0.3) is 0 Å².